The molecule has 0 bridgehead atoms. The van der Waals surface area contributed by atoms with Crippen LogP contribution >= 0.6 is 0 Å². The van der Waals surface area contributed by atoms with Gasteiger partial charge in [0.1, 0.15) is 23.6 Å². The molecule has 152 valence electrons. The second-order valence-corrected chi connectivity index (χ2v) is 5.58. The first kappa shape index (κ1) is 20.1. The van der Waals surface area contributed by atoms with Crippen LogP contribution in [0.4, 0.5) is 24.8 Å². The molecule has 0 atom stereocenters. The Hall–Kier alpha value is -3.67. The van der Waals surface area contributed by atoms with Crippen molar-refractivity contribution in [3.8, 4) is 17.0 Å². The molecule has 3 N–H and O–H groups in total. The van der Waals surface area contributed by atoms with Crippen LogP contribution < -0.4 is 15.8 Å². The Kier molecular flexibility index (Phi) is 5.64. The summed E-state index contributed by atoms with van der Waals surface area (Å²) in [7, 11) is 1.43. The second kappa shape index (κ2) is 8.14. The van der Waals surface area contributed by atoms with Crippen LogP contribution in [-0.2, 0) is 11.3 Å². The lowest BCUT2D eigenvalue weighted by atomic mass is 10.1. The van der Waals surface area contributed by atoms with E-state index in [0.29, 0.717) is 0 Å². The van der Waals surface area contributed by atoms with E-state index in [2.05, 4.69) is 25.2 Å². The van der Waals surface area contributed by atoms with E-state index in [9.17, 15) is 18.0 Å². The Balaban J connectivity index is 1.85. The molecular weight excluding hydrogens is 395 g/mol. The van der Waals surface area contributed by atoms with Crippen molar-refractivity contribution in [3.05, 3.63) is 48.0 Å². The third-order valence-electron chi connectivity index (χ3n) is 3.57. The van der Waals surface area contributed by atoms with Gasteiger partial charge in [0, 0.05) is 12.7 Å². The molecular formula is C17H14F3N5O4. The van der Waals surface area contributed by atoms with Gasteiger partial charge >= 0.3 is 6.36 Å². The van der Waals surface area contributed by atoms with Gasteiger partial charge in [0.15, 0.2) is 17.4 Å². The Labute approximate surface area is 161 Å². The zero-order chi connectivity index (χ0) is 21.0. The minimum atomic E-state index is -4.88. The van der Waals surface area contributed by atoms with Gasteiger partial charge in [-0.1, -0.05) is 17.3 Å². The molecule has 9 nitrogen and oxygen atoms in total. The SMILES string of the molecule is COCc1oncc1C(=O)Nc1cnc(-c2ccccc2OC(F)(F)F)c(N)n1. The predicted octanol–water partition coefficient (Wildman–Crippen LogP) is 3.01. The molecule has 0 aliphatic carbocycles. The third kappa shape index (κ3) is 4.79. The average molecular weight is 409 g/mol. The molecule has 1 amide bonds. The number of rotatable bonds is 6. The average Bonchev–Trinajstić information content (AvgIpc) is 3.10. The summed E-state index contributed by atoms with van der Waals surface area (Å²) in [4.78, 5) is 20.3. The van der Waals surface area contributed by atoms with Gasteiger partial charge in [0.05, 0.1) is 12.4 Å². The molecule has 0 aliphatic rings. The van der Waals surface area contributed by atoms with Crippen LogP contribution in [0.25, 0.3) is 11.3 Å². The highest BCUT2D eigenvalue weighted by atomic mass is 19.4. The highest BCUT2D eigenvalue weighted by molar-refractivity contribution is 6.04. The molecule has 0 spiro atoms. The van der Waals surface area contributed by atoms with E-state index in [1.165, 1.54) is 31.5 Å². The highest BCUT2D eigenvalue weighted by Gasteiger charge is 2.32. The third-order valence-corrected chi connectivity index (χ3v) is 3.57. The summed E-state index contributed by atoms with van der Waals surface area (Å²) in [5.74, 6) is -1.09. The summed E-state index contributed by atoms with van der Waals surface area (Å²) in [6, 6.07) is 5.36. The fourth-order valence-electron chi connectivity index (χ4n) is 2.42. The molecule has 0 unspecified atom stereocenters. The van der Waals surface area contributed by atoms with Crippen LogP contribution in [0, 0.1) is 0 Å². The number of aromatic nitrogens is 3. The lowest BCUT2D eigenvalue weighted by molar-refractivity contribution is -0.274. The van der Waals surface area contributed by atoms with E-state index >= 15 is 0 Å². The van der Waals surface area contributed by atoms with Crippen LogP contribution in [0.15, 0.2) is 41.2 Å². The molecule has 2 heterocycles. The minimum absolute atomic E-state index is 0.00545. The fraction of sp³-hybridized carbons (Fsp3) is 0.176. The number of nitrogens with one attached hydrogen (secondary N) is 1. The van der Waals surface area contributed by atoms with Crippen molar-refractivity contribution in [1.82, 2.24) is 15.1 Å². The van der Waals surface area contributed by atoms with E-state index in [1.54, 1.807) is 0 Å². The number of carbonyl (C=O) groups is 1. The Bertz CT molecular complexity index is 1020. The Morgan fingerprint density at radius 1 is 1.28 bits per heavy atom. The van der Waals surface area contributed by atoms with E-state index in [-0.39, 0.29) is 40.8 Å². The summed E-state index contributed by atoms with van der Waals surface area (Å²) < 4.78 is 51.6. The van der Waals surface area contributed by atoms with Crippen molar-refractivity contribution >= 4 is 17.5 Å². The number of anilines is 2. The number of carbonyl (C=O) groups excluding carboxylic acids is 1. The number of halogens is 3. The van der Waals surface area contributed by atoms with Crippen LogP contribution in [0.3, 0.4) is 0 Å². The monoisotopic (exact) mass is 409 g/mol. The van der Waals surface area contributed by atoms with Gasteiger partial charge in [0.2, 0.25) is 0 Å². The molecule has 3 rings (SSSR count). The zero-order valence-electron chi connectivity index (χ0n) is 14.9. The quantitative estimate of drug-likeness (QED) is 0.636. The van der Waals surface area contributed by atoms with Crippen molar-refractivity contribution in [1.29, 1.82) is 0 Å². The molecule has 29 heavy (non-hydrogen) atoms. The summed E-state index contributed by atoms with van der Waals surface area (Å²) in [6.07, 6.45) is -2.53. The molecule has 0 saturated carbocycles. The number of hydrogen-bond acceptors (Lipinski definition) is 8. The van der Waals surface area contributed by atoms with Crippen LogP contribution in [0.5, 0.6) is 5.75 Å². The van der Waals surface area contributed by atoms with Gasteiger partial charge in [-0.25, -0.2) is 9.97 Å². The Morgan fingerprint density at radius 2 is 2.03 bits per heavy atom. The normalized spacial score (nSPS) is 11.3. The zero-order valence-corrected chi connectivity index (χ0v) is 14.9. The minimum Gasteiger partial charge on any atom is -0.405 e. The van der Waals surface area contributed by atoms with Crippen LogP contribution in [0.2, 0.25) is 0 Å². The van der Waals surface area contributed by atoms with Gasteiger partial charge in [-0.15, -0.1) is 13.2 Å². The number of alkyl halides is 3. The lowest BCUT2D eigenvalue weighted by Gasteiger charge is -2.14. The highest BCUT2D eigenvalue weighted by Crippen LogP contribution is 2.35. The maximum Gasteiger partial charge on any atom is 0.573 e. The maximum atomic E-state index is 12.6. The van der Waals surface area contributed by atoms with E-state index in [0.717, 1.165) is 12.3 Å². The molecule has 1 aromatic carbocycles. The molecule has 0 radical (unpaired) electrons. The molecule has 0 fully saturated rings. The number of para-hydroxylation sites is 1. The van der Waals surface area contributed by atoms with Crippen molar-refractivity contribution in [2.24, 2.45) is 0 Å². The van der Waals surface area contributed by atoms with Crippen molar-refractivity contribution in [3.63, 3.8) is 0 Å². The first-order chi connectivity index (χ1) is 13.8. The Morgan fingerprint density at radius 3 is 2.72 bits per heavy atom. The van der Waals surface area contributed by atoms with Crippen LogP contribution in [-0.4, -0.2) is 34.5 Å². The lowest BCUT2D eigenvalue weighted by Crippen LogP contribution is -2.18. The number of nitrogens with two attached hydrogens (primary N) is 1. The summed E-state index contributed by atoms with van der Waals surface area (Å²) in [5.41, 5.74) is 5.93. The molecule has 3 aromatic rings. The van der Waals surface area contributed by atoms with E-state index < -0.39 is 18.0 Å². The van der Waals surface area contributed by atoms with Crippen molar-refractivity contribution in [2.75, 3.05) is 18.2 Å². The topological polar surface area (TPSA) is 125 Å². The van der Waals surface area contributed by atoms with Gasteiger partial charge in [-0.3, -0.25) is 4.79 Å². The van der Waals surface area contributed by atoms with Gasteiger partial charge in [-0.2, -0.15) is 0 Å². The predicted molar refractivity (Wildman–Crippen MR) is 93.7 cm³/mol. The van der Waals surface area contributed by atoms with Gasteiger partial charge in [0.25, 0.3) is 5.91 Å². The standard InChI is InChI=1S/C17H14F3N5O4/c1-27-8-12-10(6-23-29-12)16(26)25-13-7-22-14(15(21)24-13)9-4-2-3-5-11(9)28-17(18,19)20/h2-7H,8H2,1H3,(H3,21,24,25,26). The number of methoxy groups -OCH3 is 1. The molecule has 0 aliphatic heterocycles. The van der Waals surface area contributed by atoms with Crippen molar-refractivity contribution < 1.29 is 32.0 Å². The summed E-state index contributed by atoms with van der Waals surface area (Å²) in [6.45, 7) is 0.0332. The number of nitrogens with zero attached hydrogens (tertiary/aromatic N) is 3. The second-order valence-electron chi connectivity index (χ2n) is 5.58. The molecule has 12 heteroatoms. The van der Waals surface area contributed by atoms with E-state index in [4.69, 9.17) is 15.0 Å². The smallest absolute Gasteiger partial charge is 0.405 e. The fourth-order valence-corrected chi connectivity index (χ4v) is 2.42. The largest absolute Gasteiger partial charge is 0.573 e. The van der Waals surface area contributed by atoms with Gasteiger partial charge < -0.3 is 25.0 Å². The number of ether oxygens (including phenoxy) is 2. The van der Waals surface area contributed by atoms with E-state index in [1.807, 2.05) is 0 Å². The van der Waals surface area contributed by atoms with Crippen LogP contribution in [0.1, 0.15) is 16.1 Å². The van der Waals surface area contributed by atoms with Gasteiger partial charge in [-0.05, 0) is 12.1 Å². The maximum absolute atomic E-state index is 12.6. The summed E-state index contributed by atoms with van der Waals surface area (Å²) >= 11 is 0. The number of benzene rings is 1. The number of amides is 1. The first-order valence-corrected chi connectivity index (χ1v) is 8.00. The van der Waals surface area contributed by atoms with Crippen molar-refractivity contribution in [2.45, 2.75) is 13.0 Å². The molecule has 0 saturated heterocycles. The first-order valence-electron chi connectivity index (χ1n) is 8.00. The summed E-state index contributed by atoms with van der Waals surface area (Å²) in [5, 5.41) is 5.99. The molecule has 2 aromatic heterocycles. The number of nitrogen functional groups attached to an aromatic ring is 1. The number of hydrogen-bond donors (Lipinski definition) is 2.